The van der Waals surface area contributed by atoms with Gasteiger partial charge in [-0.2, -0.15) is 0 Å². The number of quaternary nitrogens is 1. The fourth-order valence-corrected chi connectivity index (χ4v) is 1.35. The SMILES string of the molecule is CC(C)[N+](C)(C)Cc1cnc([N+](=O)[O-])n1C. The van der Waals surface area contributed by atoms with E-state index in [0.29, 0.717) is 6.04 Å². The minimum Gasteiger partial charge on any atom is -0.390 e. The van der Waals surface area contributed by atoms with Gasteiger partial charge in [0.2, 0.25) is 0 Å². The van der Waals surface area contributed by atoms with Crippen molar-refractivity contribution in [1.29, 1.82) is 0 Å². The number of hydrogen-bond acceptors (Lipinski definition) is 3. The summed E-state index contributed by atoms with van der Waals surface area (Å²) in [5, 5.41) is 10.7. The standard InChI is InChI=1S/C10H19N4O2/c1-8(2)14(4,5)7-9-6-11-10(12(9)3)13(15)16/h6,8H,7H2,1-5H3/q+1. The molecule has 0 N–H and O–H groups in total. The van der Waals surface area contributed by atoms with Gasteiger partial charge in [0.25, 0.3) is 0 Å². The first kappa shape index (κ1) is 12.6. The maximum atomic E-state index is 10.7. The molecular formula is C10H19N4O2+. The summed E-state index contributed by atoms with van der Waals surface area (Å²) in [5.41, 5.74) is 0.880. The molecule has 0 unspecified atom stereocenters. The Kier molecular flexibility index (Phi) is 3.32. The summed E-state index contributed by atoms with van der Waals surface area (Å²) in [7, 11) is 5.88. The van der Waals surface area contributed by atoms with Gasteiger partial charge >= 0.3 is 5.95 Å². The van der Waals surface area contributed by atoms with Gasteiger partial charge < -0.3 is 14.6 Å². The first-order valence-electron chi connectivity index (χ1n) is 5.23. The van der Waals surface area contributed by atoms with Crippen LogP contribution in [0.15, 0.2) is 6.20 Å². The average Bonchev–Trinajstić information content (AvgIpc) is 2.47. The molecule has 0 amide bonds. The molecule has 0 aliphatic heterocycles. The monoisotopic (exact) mass is 227 g/mol. The quantitative estimate of drug-likeness (QED) is 0.442. The molecule has 1 heterocycles. The van der Waals surface area contributed by atoms with E-state index >= 15 is 0 Å². The van der Waals surface area contributed by atoms with E-state index in [0.717, 1.165) is 16.7 Å². The van der Waals surface area contributed by atoms with E-state index in [9.17, 15) is 10.1 Å². The van der Waals surface area contributed by atoms with Gasteiger partial charge in [0.1, 0.15) is 12.7 Å². The van der Waals surface area contributed by atoms with Crippen LogP contribution in [0.25, 0.3) is 0 Å². The molecule has 0 bridgehead atoms. The lowest BCUT2D eigenvalue weighted by atomic mass is 10.2. The van der Waals surface area contributed by atoms with Crippen molar-refractivity contribution in [2.75, 3.05) is 14.1 Å². The van der Waals surface area contributed by atoms with Crippen molar-refractivity contribution in [3.05, 3.63) is 22.0 Å². The highest BCUT2D eigenvalue weighted by atomic mass is 16.6. The van der Waals surface area contributed by atoms with Crippen molar-refractivity contribution in [3.63, 3.8) is 0 Å². The second-order valence-electron chi connectivity index (χ2n) is 4.90. The van der Waals surface area contributed by atoms with Gasteiger partial charge in [-0.1, -0.05) is 4.98 Å². The van der Waals surface area contributed by atoms with Crippen LogP contribution in [0, 0.1) is 10.1 Å². The Labute approximate surface area is 95.2 Å². The Morgan fingerprint density at radius 3 is 2.50 bits per heavy atom. The van der Waals surface area contributed by atoms with Crippen molar-refractivity contribution >= 4 is 5.95 Å². The number of aromatic nitrogens is 2. The summed E-state index contributed by atoms with van der Waals surface area (Å²) in [6.07, 6.45) is 1.58. The predicted octanol–water partition coefficient (Wildman–Crippen LogP) is 1.31. The van der Waals surface area contributed by atoms with E-state index in [1.165, 1.54) is 0 Å². The molecule has 0 fully saturated rings. The molecule has 0 aliphatic rings. The van der Waals surface area contributed by atoms with Crippen LogP contribution in [-0.2, 0) is 13.6 Å². The maximum absolute atomic E-state index is 10.7. The summed E-state index contributed by atoms with van der Waals surface area (Å²) in [5.74, 6) is -0.0984. The Morgan fingerprint density at radius 1 is 1.56 bits per heavy atom. The molecule has 6 nitrogen and oxygen atoms in total. The number of imidazole rings is 1. The largest absolute Gasteiger partial charge is 0.434 e. The number of rotatable bonds is 4. The van der Waals surface area contributed by atoms with Crippen molar-refractivity contribution in [2.45, 2.75) is 26.4 Å². The molecule has 0 saturated heterocycles. The number of hydrogen-bond donors (Lipinski definition) is 0. The molecule has 0 aromatic carbocycles. The Bertz CT molecular complexity index is 396. The number of nitro groups is 1. The molecule has 0 radical (unpaired) electrons. The first-order chi connectivity index (χ1) is 7.25. The van der Waals surface area contributed by atoms with Gasteiger partial charge in [-0.3, -0.25) is 0 Å². The van der Waals surface area contributed by atoms with Crippen molar-refractivity contribution in [1.82, 2.24) is 9.55 Å². The molecule has 0 atom stereocenters. The second-order valence-corrected chi connectivity index (χ2v) is 4.90. The molecule has 16 heavy (non-hydrogen) atoms. The van der Waals surface area contributed by atoms with E-state index in [1.54, 1.807) is 17.8 Å². The molecule has 0 saturated carbocycles. The summed E-state index contributed by atoms with van der Waals surface area (Å²) < 4.78 is 2.32. The fraction of sp³-hybridized carbons (Fsp3) is 0.700. The summed E-state index contributed by atoms with van der Waals surface area (Å²) in [6.45, 7) is 4.99. The lowest BCUT2D eigenvalue weighted by molar-refractivity contribution is -0.924. The zero-order valence-electron chi connectivity index (χ0n) is 10.5. The van der Waals surface area contributed by atoms with Gasteiger partial charge in [0.15, 0.2) is 5.69 Å². The minimum absolute atomic E-state index is 0.0984. The highest BCUT2D eigenvalue weighted by Gasteiger charge is 2.26. The van der Waals surface area contributed by atoms with E-state index in [2.05, 4.69) is 32.9 Å². The minimum atomic E-state index is -0.459. The third kappa shape index (κ3) is 2.38. The van der Waals surface area contributed by atoms with E-state index in [1.807, 2.05) is 0 Å². The van der Waals surface area contributed by atoms with E-state index in [-0.39, 0.29) is 5.95 Å². The van der Waals surface area contributed by atoms with Crippen LogP contribution < -0.4 is 0 Å². The second kappa shape index (κ2) is 4.21. The lowest BCUT2D eigenvalue weighted by Crippen LogP contribution is -2.45. The predicted molar refractivity (Wildman–Crippen MR) is 60.8 cm³/mol. The van der Waals surface area contributed by atoms with Crippen LogP contribution in [0.4, 0.5) is 5.95 Å². The molecule has 6 heteroatoms. The summed E-state index contributed by atoms with van der Waals surface area (Å²) >= 11 is 0. The van der Waals surface area contributed by atoms with E-state index < -0.39 is 4.92 Å². The molecule has 1 aromatic rings. The zero-order chi connectivity index (χ0) is 12.5. The van der Waals surface area contributed by atoms with Crippen LogP contribution in [-0.4, -0.2) is 39.1 Å². The molecule has 1 aromatic heterocycles. The van der Waals surface area contributed by atoms with E-state index in [4.69, 9.17) is 0 Å². The summed E-state index contributed by atoms with van der Waals surface area (Å²) in [6, 6.07) is 0.453. The third-order valence-corrected chi connectivity index (χ3v) is 3.19. The third-order valence-electron chi connectivity index (χ3n) is 3.19. The van der Waals surface area contributed by atoms with Gasteiger partial charge in [0.05, 0.1) is 27.2 Å². The number of nitrogens with zero attached hydrogens (tertiary/aromatic N) is 4. The average molecular weight is 227 g/mol. The Morgan fingerprint density at radius 2 is 2.12 bits per heavy atom. The van der Waals surface area contributed by atoms with Gasteiger partial charge in [0, 0.05) is 0 Å². The van der Waals surface area contributed by atoms with Crippen LogP contribution in [0.5, 0.6) is 0 Å². The normalized spacial score (nSPS) is 12.1. The van der Waals surface area contributed by atoms with Crippen LogP contribution in [0.3, 0.4) is 0 Å². The van der Waals surface area contributed by atoms with Crippen LogP contribution in [0.1, 0.15) is 19.5 Å². The van der Waals surface area contributed by atoms with Crippen LogP contribution in [0.2, 0.25) is 0 Å². The summed E-state index contributed by atoms with van der Waals surface area (Å²) in [4.78, 5) is 14.0. The fourth-order valence-electron chi connectivity index (χ4n) is 1.35. The highest BCUT2D eigenvalue weighted by Crippen LogP contribution is 2.17. The van der Waals surface area contributed by atoms with Crippen molar-refractivity contribution in [3.8, 4) is 0 Å². The topological polar surface area (TPSA) is 61.0 Å². The molecule has 90 valence electrons. The zero-order valence-corrected chi connectivity index (χ0v) is 10.5. The van der Waals surface area contributed by atoms with Crippen LogP contribution >= 0.6 is 0 Å². The Balaban J connectivity index is 2.95. The molecule has 0 aliphatic carbocycles. The Hall–Kier alpha value is -1.43. The molecular weight excluding hydrogens is 208 g/mol. The highest BCUT2D eigenvalue weighted by molar-refractivity contribution is 5.13. The van der Waals surface area contributed by atoms with Gasteiger partial charge in [-0.15, -0.1) is 0 Å². The van der Waals surface area contributed by atoms with Crippen molar-refractivity contribution in [2.24, 2.45) is 7.05 Å². The smallest absolute Gasteiger partial charge is 0.390 e. The lowest BCUT2D eigenvalue weighted by Gasteiger charge is -2.33. The van der Waals surface area contributed by atoms with Gasteiger partial charge in [-0.25, -0.2) is 4.57 Å². The molecule has 1 rings (SSSR count). The van der Waals surface area contributed by atoms with Crippen molar-refractivity contribution < 1.29 is 9.41 Å². The first-order valence-corrected chi connectivity index (χ1v) is 5.23. The molecule has 0 spiro atoms. The maximum Gasteiger partial charge on any atom is 0.434 e. The van der Waals surface area contributed by atoms with Gasteiger partial charge in [-0.05, 0) is 18.8 Å².